The number of benzene rings is 2. The Morgan fingerprint density at radius 3 is 2.52 bits per heavy atom. The van der Waals surface area contributed by atoms with Gasteiger partial charge in [-0.1, -0.05) is 29.8 Å². The zero-order valence-corrected chi connectivity index (χ0v) is 17.0. The van der Waals surface area contributed by atoms with Gasteiger partial charge in [-0.2, -0.15) is 0 Å². The van der Waals surface area contributed by atoms with Crippen LogP contribution in [0.1, 0.15) is 16.1 Å². The molecular weight excluding hydrogens is 392 g/mol. The summed E-state index contributed by atoms with van der Waals surface area (Å²) in [5, 5.41) is 4.96. The highest BCUT2D eigenvalue weighted by molar-refractivity contribution is 7.13. The van der Waals surface area contributed by atoms with Crippen molar-refractivity contribution in [1.82, 2.24) is 4.98 Å². The monoisotopic (exact) mass is 412 g/mol. The second-order valence-corrected chi connectivity index (χ2v) is 6.95. The summed E-state index contributed by atoms with van der Waals surface area (Å²) >= 11 is 1.34. The number of ether oxygens (including phenoxy) is 3. The summed E-state index contributed by atoms with van der Waals surface area (Å²) in [6.45, 7) is 1.55. The predicted octanol–water partition coefficient (Wildman–Crippen LogP) is 3.93. The van der Waals surface area contributed by atoms with Crippen molar-refractivity contribution in [1.29, 1.82) is 0 Å². The zero-order valence-electron chi connectivity index (χ0n) is 16.2. The van der Waals surface area contributed by atoms with E-state index in [4.69, 9.17) is 14.2 Å². The minimum absolute atomic E-state index is 0.164. The van der Waals surface area contributed by atoms with E-state index in [0.29, 0.717) is 22.2 Å². The van der Waals surface area contributed by atoms with E-state index < -0.39 is 18.5 Å². The van der Waals surface area contributed by atoms with E-state index in [2.05, 4.69) is 10.3 Å². The molecule has 0 saturated heterocycles. The first-order valence-electron chi connectivity index (χ1n) is 8.71. The molecule has 0 fully saturated rings. The lowest BCUT2D eigenvalue weighted by Gasteiger charge is -2.11. The topological polar surface area (TPSA) is 86.8 Å². The van der Waals surface area contributed by atoms with Gasteiger partial charge in [0.15, 0.2) is 12.3 Å². The van der Waals surface area contributed by atoms with Crippen LogP contribution in [-0.2, 0) is 9.53 Å². The van der Waals surface area contributed by atoms with Crippen molar-refractivity contribution in [2.45, 2.75) is 6.92 Å². The van der Waals surface area contributed by atoms with Crippen LogP contribution < -0.4 is 14.8 Å². The van der Waals surface area contributed by atoms with E-state index in [-0.39, 0.29) is 5.69 Å². The Hall–Kier alpha value is -3.39. The number of aromatic nitrogens is 1. The summed E-state index contributed by atoms with van der Waals surface area (Å²) in [6.07, 6.45) is 0. The molecule has 0 radical (unpaired) electrons. The molecule has 2 aromatic carbocycles. The summed E-state index contributed by atoms with van der Waals surface area (Å²) in [5.41, 5.74) is 2.65. The molecule has 1 aromatic heterocycles. The number of thiazole rings is 1. The van der Waals surface area contributed by atoms with E-state index in [1.165, 1.54) is 25.6 Å². The number of nitrogens with zero attached hydrogens (tertiary/aromatic N) is 1. The summed E-state index contributed by atoms with van der Waals surface area (Å²) in [7, 11) is 3.01. The highest BCUT2D eigenvalue weighted by atomic mass is 32.1. The molecule has 8 heteroatoms. The minimum atomic E-state index is -0.660. The molecule has 0 saturated carbocycles. The number of esters is 1. The lowest BCUT2D eigenvalue weighted by molar-refractivity contribution is -0.119. The fraction of sp³-hybridized carbons (Fsp3) is 0.190. The Morgan fingerprint density at radius 2 is 1.83 bits per heavy atom. The number of carbonyl (C=O) groups excluding carboxylic acids is 2. The van der Waals surface area contributed by atoms with E-state index in [1.807, 2.05) is 31.2 Å². The van der Waals surface area contributed by atoms with Gasteiger partial charge in [-0.3, -0.25) is 4.79 Å². The van der Waals surface area contributed by atoms with Gasteiger partial charge in [0.25, 0.3) is 5.91 Å². The fourth-order valence-electron chi connectivity index (χ4n) is 2.50. The molecule has 3 aromatic rings. The molecule has 1 amide bonds. The van der Waals surface area contributed by atoms with E-state index in [9.17, 15) is 9.59 Å². The third-order valence-electron chi connectivity index (χ3n) is 4.03. The number of hydrogen-bond acceptors (Lipinski definition) is 7. The number of nitrogens with one attached hydrogen (secondary N) is 1. The van der Waals surface area contributed by atoms with Crippen LogP contribution in [0.15, 0.2) is 47.8 Å². The zero-order chi connectivity index (χ0) is 20.8. The minimum Gasteiger partial charge on any atom is -0.497 e. The van der Waals surface area contributed by atoms with Crippen molar-refractivity contribution < 1.29 is 23.8 Å². The van der Waals surface area contributed by atoms with Crippen molar-refractivity contribution in [3.8, 4) is 22.1 Å². The maximum absolute atomic E-state index is 12.2. The standard InChI is InChI=1S/C21H20N2O5S/c1-13-4-6-14(7-5-13)20-23-17(12-29-20)21(25)28-11-19(24)22-16-10-15(26-2)8-9-18(16)27-3/h4-10,12H,11H2,1-3H3,(H,22,24). The number of hydrogen-bond donors (Lipinski definition) is 1. The van der Waals surface area contributed by atoms with Crippen LogP contribution in [0.3, 0.4) is 0 Å². The third kappa shape index (κ3) is 5.11. The van der Waals surface area contributed by atoms with Gasteiger partial charge in [0.05, 0.1) is 19.9 Å². The van der Waals surface area contributed by atoms with Gasteiger partial charge in [-0.15, -0.1) is 11.3 Å². The highest BCUT2D eigenvalue weighted by Gasteiger charge is 2.16. The number of methoxy groups -OCH3 is 2. The largest absolute Gasteiger partial charge is 0.497 e. The van der Waals surface area contributed by atoms with Gasteiger partial charge in [-0.25, -0.2) is 9.78 Å². The molecule has 7 nitrogen and oxygen atoms in total. The van der Waals surface area contributed by atoms with Gasteiger partial charge < -0.3 is 19.5 Å². The molecule has 0 aliphatic carbocycles. The van der Waals surface area contributed by atoms with Crippen molar-refractivity contribution in [3.05, 3.63) is 59.1 Å². The number of carbonyl (C=O) groups is 2. The van der Waals surface area contributed by atoms with Gasteiger partial charge in [0.2, 0.25) is 0 Å². The second kappa shape index (κ2) is 9.20. The number of aryl methyl sites for hydroxylation is 1. The van der Waals surface area contributed by atoms with Crippen molar-refractivity contribution in [2.75, 3.05) is 26.1 Å². The maximum Gasteiger partial charge on any atom is 0.358 e. The first-order valence-corrected chi connectivity index (χ1v) is 9.59. The molecule has 0 unspecified atom stereocenters. The van der Waals surface area contributed by atoms with E-state index in [1.54, 1.807) is 23.6 Å². The maximum atomic E-state index is 12.2. The lowest BCUT2D eigenvalue weighted by Crippen LogP contribution is -2.21. The molecular formula is C21H20N2O5S. The van der Waals surface area contributed by atoms with E-state index >= 15 is 0 Å². The molecule has 0 bridgehead atoms. The Balaban J connectivity index is 1.59. The Kier molecular flexibility index (Phi) is 6.46. The summed E-state index contributed by atoms with van der Waals surface area (Å²) in [4.78, 5) is 28.7. The predicted molar refractivity (Wildman–Crippen MR) is 111 cm³/mol. The van der Waals surface area contributed by atoms with Crippen molar-refractivity contribution >= 4 is 28.9 Å². The Bertz CT molecular complexity index is 1010. The first kappa shape index (κ1) is 20.3. The van der Waals surface area contributed by atoms with Crippen LogP contribution >= 0.6 is 11.3 Å². The molecule has 0 aliphatic heterocycles. The Labute approximate surface area is 172 Å². The lowest BCUT2D eigenvalue weighted by atomic mass is 10.2. The van der Waals surface area contributed by atoms with Crippen molar-refractivity contribution in [3.63, 3.8) is 0 Å². The molecule has 0 spiro atoms. The van der Waals surface area contributed by atoms with Gasteiger partial charge in [0, 0.05) is 17.0 Å². The van der Waals surface area contributed by atoms with Crippen LogP contribution in [0.2, 0.25) is 0 Å². The Morgan fingerprint density at radius 1 is 1.07 bits per heavy atom. The van der Waals surface area contributed by atoms with Gasteiger partial charge in [0.1, 0.15) is 16.5 Å². The number of amides is 1. The first-order chi connectivity index (χ1) is 14.0. The summed E-state index contributed by atoms with van der Waals surface area (Å²) in [5.74, 6) is -0.136. The summed E-state index contributed by atoms with van der Waals surface area (Å²) < 4.78 is 15.4. The SMILES string of the molecule is COc1ccc(OC)c(NC(=O)COC(=O)c2csc(-c3ccc(C)cc3)n2)c1. The number of anilines is 1. The van der Waals surface area contributed by atoms with Crippen LogP contribution in [-0.4, -0.2) is 37.7 Å². The number of rotatable bonds is 7. The molecule has 0 aliphatic rings. The van der Waals surface area contributed by atoms with E-state index in [0.717, 1.165) is 11.1 Å². The molecule has 1 heterocycles. The van der Waals surface area contributed by atoms with Gasteiger partial charge in [-0.05, 0) is 19.1 Å². The summed E-state index contributed by atoms with van der Waals surface area (Å²) in [6, 6.07) is 12.8. The quantitative estimate of drug-likeness (QED) is 0.592. The normalized spacial score (nSPS) is 10.3. The average Bonchev–Trinajstić information content (AvgIpc) is 3.23. The highest BCUT2D eigenvalue weighted by Crippen LogP contribution is 2.29. The molecule has 150 valence electrons. The molecule has 3 rings (SSSR count). The average molecular weight is 412 g/mol. The molecule has 0 atom stereocenters. The van der Waals surface area contributed by atoms with Crippen LogP contribution in [0.25, 0.3) is 10.6 Å². The third-order valence-corrected chi connectivity index (χ3v) is 4.92. The molecule has 29 heavy (non-hydrogen) atoms. The smallest absolute Gasteiger partial charge is 0.358 e. The van der Waals surface area contributed by atoms with Crippen molar-refractivity contribution in [2.24, 2.45) is 0 Å². The fourth-order valence-corrected chi connectivity index (χ4v) is 3.29. The van der Waals surface area contributed by atoms with Crippen LogP contribution in [0.5, 0.6) is 11.5 Å². The van der Waals surface area contributed by atoms with Gasteiger partial charge >= 0.3 is 5.97 Å². The van der Waals surface area contributed by atoms with Crippen LogP contribution in [0.4, 0.5) is 5.69 Å². The molecule has 1 N–H and O–H groups in total. The van der Waals surface area contributed by atoms with Crippen LogP contribution in [0, 0.1) is 6.92 Å². The second-order valence-electron chi connectivity index (χ2n) is 6.09.